The third-order valence-electron chi connectivity index (χ3n) is 1.42. The van der Waals surface area contributed by atoms with Gasteiger partial charge in [-0.1, -0.05) is 6.92 Å². The van der Waals surface area contributed by atoms with E-state index in [0.29, 0.717) is 0 Å². The van der Waals surface area contributed by atoms with Gasteiger partial charge in [0.1, 0.15) is 0 Å². The van der Waals surface area contributed by atoms with Crippen molar-refractivity contribution in [3.63, 3.8) is 0 Å². The molecule has 0 aromatic carbocycles. The maximum absolute atomic E-state index is 4.15. The molecule has 0 radical (unpaired) electrons. The molecular weight excluding hydrogens is 138 g/mol. The SMILES string of the molecule is CCNCCc1cnccn1. The topological polar surface area (TPSA) is 37.8 Å². The zero-order valence-electron chi connectivity index (χ0n) is 6.75. The molecule has 11 heavy (non-hydrogen) atoms. The Kier molecular flexibility index (Phi) is 3.55. The van der Waals surface area contributed by atoms with E-state index in [-0.39, 0.29) is 0 Å². The standard InChI is InChI=1S/C8H13N3/c1-2-9-4-3-8-7-10-5-6-11-8/h5-7,9H,2-4H2,1H3. The van der Waals surface area contributed by atoms with Gasteiger partial charge in [-0.2, -0.15) is 0 Å². The predicted molar refractivity (Wildman–Crippen MR) is 44.3 cm³/mol. The third-order valence-corrected chi connectivity index (χ3v) is 1.42. The zero-order valence-corrected chi connectivity index (χ0v) is 6.75. The molecule has 0 fully saturated rings. The number of likely N-dealkylation sites (N-methyl/N-ethyl adjacent to an activating group) is 1. The second-order valence-electron chi connectivity index (χ2n) is 2.30. The summed E-state index contributed by atoms with van der Waals surface area (Å²) in [5.74, 6) is 0. The van der Waals surface area contributed by atoms with Crippen molar-refractivity contribution in [1.82, 2.24) is 15.3 Å². The maximum Gasteiger partial charge on any atom is 0.0599 e. The number of nitrogens with zero attached hydrogens (tertiary/aromatic N) is 2. The van der Waals surface area contributed by atoms with Crippen LogP contribution in [0.3, 0.4) is 0 Å². The molecule has 3 nitrogen and oxygen atoms in total. The molecule has 0 spiro atoms. The summed E-state index contributed by atoms with van der Waals surface area (Å²) in [6.45, 7) is 4.09. The lowest BCUT2D eigenvalue weighted by atomic mass is 10.3. The lowest BCUT2D eigenvalue weighted by Crippen LogP contribution is -2.16. The Morgan fingerprint density at radius 3 is 3.00 bits per heavy atom. The minimum atomic E-state index is 0.960. The zero-order chi connectivity index (χ0) is 7.94. The molecule has 1 rings (SSSR count). The van der Waals surface area contributed by atoms with E-state index in [1.54, 1.807) is 18.6 Å². The predicted octanol–water partition coefficient (Wildman–Crippen LogP) is 0.629. The Bertz CT molecular complexity index is 186. The molecule has 1 N–H and O–H groups in total. The van der Waals surface area contributed by atoms with Gasteiger partial charge in [-0.05, 0) is 6.54 Å². The van der Waals surface area contributed by atoms with Crippen LogP contribution >= 0.6 is 0 Å². The molecule has 0 amide bonds. The van der Waals surface area contributed by atoms with Crippen LogP contribution < -0.4 is 5.32 Å². The minimum Gasteiger partial charge on any atom is -0.317 e. The van der Waals surface area contributed by atoms with Crippen LogP contribution in [0.1, 0.15) is 12.6 Å². The Hall–Kier alpha value is -0.960. The van der Waals surface area contributed by atoms with Crippen molar-refractivity contribution in [2.45, 2.75) is 13.3 Å². The van der Waals surface area contributed by atoms with Gasteiger partial charge in [0.2, 0.25) is 0 Å². The van der Waals surface area contributed by atoms with Gasteiger partial charge < -0.3 is 5.32 Å². The first-order chi connectivity index (χ1) is 5.43. The largest absolute Gasteiger partial charge is 0.317 e. The number of hydrogen-bond acceptors (Lipinski definition) is 3. The first kappa shape index (κ1) is 8.14. The molecule has 0 aliphatic rings. The van der Waals surface area contributed by atoms with Crippen molar-refractivity contribution in [2.24, 2.45) is 0 Å². The van der Waals surface area contributed by atoms with Gasteiger partial charge in [0.05, 0.1) is 5.69 Å². The van der Waals surface area contributed by atoms with Gasteiger partial charge in [0.25, 0.3) is 0 Å². The minimum absolute atomic E-state index is 0.960. The third kappa shape index (κ3) is 3.09. The van der Waals surface area contributed by atoms with Gasteiger partial charge in [-0.25, -0.2) is 0 Å². The molecule has 0 aliphatic heterocycles. The van der Waals surface area contributed by atoms with Crippen LogP contribution in [0, 0.1) is 0 Å². The lowest BCUT2D eigenvalue weighted by molar-refractivity contribution is 0.706. The van der Waals surface area contributed by atoms with E-state index in [1.807, 2.05) is 0 Å². The highest BCUT2D eigenvalue weighted by Gasteiger charge is 1.90. The van der Waals surface area contributed by atoms with Crippen molar-refractivity contribution in [2.75, 3.05) is 13.1 Å². The van der Waals surface area contributed by atoms with E-state index in [0.717, 1.165) is 25.2 Å². The highest BCUT2D eigenvalue weighted by atomic mass is 14.8. The molecule has 1 heterocycles. The first-order valence-corrected chi connectivity index (χ1v) is 3.89. The molecule has 60 valence electrons. The van der Waals surface area contributed by atoms with Gasteiger partial charge in [-0.3, -0.25) is 9.97 Å². The van der Waals surface area contributed by atoms with Crippen LogP contribution in [0.5, 0.6) is 0 Å². The molecule has 1 aromatic rings. The van der Waals surface area contributed by atoms with Crippen LogP contribution in [0.25, 0.3) is 0 Å². The molecule has 0 aliphatic carbocycles. The van der Waals surface area contributed by atoms with Gasteiger partial charge in [0.15, 0.2) is 0 Å². The molecule has 1 aromatic heterocycles. The highest BCUT2D eigenvalue weighted by Crippen LogP contribution is 1.89. The van der Waals surface area contributed by atoms with Crippen molar-refractivity contribution in [1.29, 1.82) is 0 Å². The second-order valence-corrected chi connectivity index (χ2v) is 2.30. The van der Waals surface area contributed by atoms with Gasteiger partial charge >= 0.3 is 0 Å². The number of nitrogens with one attached hydrogen (secondary N) is 1. The van der Waals surface area contributed by atoms with E-state index in [2.05, 4.69) is 22.2 Å². The Labute approximate surface area is 66.9 Å². The van der Waals surface area contributed by atoms with E-state index < -0.39 is 0 Å². The van der Waals surface area contributed by atoms with Crippen LogP contribution in [-0.2, 0) is 6.42 Å². The van der Waals surface area contributed by atoms with Gasteiger partial charge in [-0.15, -0.1) is 0 Å². The summed E-state index contributed by atoms with van der Waals surface area (Å²) in [6.07, 6.45) is 6.18. The highest BCUT2D eigenvalue weighted by molar-refractivity contribution is 4.94. The molecular formula is C8H13N3. The smallest absolute Gasteiger partial charge is 0.0599 e. The quantitative estimate of drug-likeness (QED) is 0.641. The lowest BCUT2D eigenvalue weighted by Gasteiger charge is -1.99. The summed E-state index contributed by atoms with van der Waals surface area (Å²) < 4.78 is 0. The fraction of sp³-hybridized carbons (Fsp3) is 0.500. The fourth-order valence-corrected chi connectivity index (χ4v) is 0.852. The monoisotopic (exact) mass is 151 g/mol. The van der Waals surface area contributed by atoms with E-state index in [1.165, 1.54) is 0 Å². The summed E-state index contributed by atoms with van der Waals surface area (Å²) in [7, 11) is 0. The number of hydrogen-bond donors (Lipinski definition) is 1. The molecule has 0 saturated heterocycles. The van der Waals surface area contributed by atoms with Crippen LogP contribution in [0.2, 0.25) is 0 Å². The molecule has 0 saturated carbocycles. The number of aromatic nitrogens is 2. The van der Waals surface area contributed by atoms with Gasteiger partial charge in [0, 0.05) is 31.6 Å². The van der Waals surface area contributed by atoms with Crippen LogP contribution in [0.4, 0.5) is 0 Å². The summed E-state index contributed by atoms with van der Waals surface area (Å²) in [6, 6.07) is 0. The Morgan fingerprint density at radius 1 is 1.45 bits per heavy atom. The number of rotatable bonds is 4. The van der Waals surface area contributed by atoms with Crippen molar-refractivity contribution >= 4 is 0 Å². The van der Waals surface area contributed by atoms with Crippen LogP contribution in [0.15, 0.2) is 18.6 Å². The fourth-order valence-electron chi connectivity index (χ4n) is 0.852. The Morgan fingerprint density at radius 2 is 2.36 bits per heavy atom. The summed E-state index contributed by atoms with van der Waals surface area (Å²) in [5.41, 5.74) is 1.05. The summed E-state index contributed by atoms with van der Waals surface area (Å²) >= 11 is 0. The van der Waals surface area contributed by atoms with Crippen molar-refractivity contribution in [3.05, 3.63) is 24.3 Å². The normalized spacial score (nSPS) is 9.91. The van der Waals surface area contributed by atoms with Crippen molar-refractivity contribution in [3.8, 4) is 0 Å². The van der Waals surface area contributed by atoms with E-state index in [9.17, 15) is 0 Å². The van der Waals surface area contributed by atoms with E-state index >= 15 is 0 Å². The first-order valence-electron chi connectivity index (χ1n) is 3.89. The van der Waals surface area contributed by atoms with E-state index in [4.69, 9.17) is 0 Å². The van der Waals surface area contributed by atoms with Crippen molar-refractivity contribution < 1.29 is 0 Å². The second kappa shape index (κ2) is 4.79. The molecule has 0 unspecified atom stereocenters. The summed E-state index contributed by atoms with van der Waals surface area (Å²) in [5, 5.41) is 3.23. The molecule has 0 atom stereocenters. The average molecular weight is 151 g/mol. The summed E-state index contributed by atoms with van der Waals surface area (Å²) in [4.78, 5) is 8.12. The average Bonchev–Trinajstić information content (AvgIpc) is 2.07. The Balaban J connectivity index is 2.28. The molecule has 0 bridgehead atoms. The van der Waals surface area contributed by atoms with Crippen LogP contribution in [-0.4, -0.2) is 23.1 Å². The maximum atomic E-state index is 4.15. The molecule has 3 heteroatoms.